The van der Waals surface area contributed by atoms with Crippen molar-refractivity contribution in [3.63, 3.8) is 0 Å². The van der Waals surface area contributed by atoms with Crippen LogP contribution >= 0.6 is 0 Å². The lowest BCUT2D eigenvalue weighted by Gasteiger charge is -2.24. The standard InChI is InChI=1S/C23H27N9O3/c1-3-34-18-12-16(13-19(14-18)35-4-2)20(28-17-8-6-15(7-9-17)21(24)25)22(30-32-33)29-31-23-26-10-5-11-27-23/h5-14,20,28H,3-4H2,1-2H3,(H3,24,25)(H,26,27,31)(H,29,30,33). The molecule has 0 radical (unpaired) electrons. The Labute approximate surface area is 202 Å². The van der Waals surface area contributed by atoms with Crippen molar-refractivity contribution in [2.24, 2.45) is 16.1 Å². The molecule has 1 aromatic heterocycles. The second-order valence-corrected chi connectivity index (χ2v) is 7.06. The van der Waals surface area contributed by atoms with Crippen molar-refractivity contribution in [2.75, 3.05) is 24.0 Å². The Morgan fingerprint density at radius 1 is 1.06 bits per heavy atom. The van der Waals surface area contributed by atoms with Crippen LogP contribution in [0.4, 0.5) is 11.6 Å². The zero-order valence-corrected chi connectivity index (χ0v) is 19.4. The molecule has 0 aliphatic heterocycles. The molecule has 0 aliphatic rings. The molecule has 12 heteroatoms. The third-order valence-electron chi connectivity index (χ3n) is 4.65. The Balaban J connectivity index is 2.01. The maximum absolute atomic E-state index is 11.2. The summed E-state index contributed by atoms with van der Waals surface area (Å²) >= 11 is 0. The fourth-order valence-electron chi connectivity index (χ4n) is 3.17. The first-order valence-electron chi connectivity index (χ1n) is 10.8. The number of hydrogen-bond acceptors (Lipinski definition) is 9. The van der Waals surface area contributed by atoms with E-state index in [9.17, 15) is 4.91 Å². The lowest BCUT2D eigenvalue weighted by atomic mass is 10.0. The fraction of sp³-hybridized carbons (Fsp3) is 0.217. The van der Waals surface area contributed by atoms with Gasteiger partial charge >= 0.3 is 0 Å². The molecule has 1 unspecified atom stereocenters. The van der Waals surface area contributed by atoms with E-state index in [2.05, 4.69) is 36.5 Å². The molecule has 0 bridgehead atoms. The van der Waals surface area contributed by atoms with Gasteiger partial charge in [-0.15, -0.1) is 4.91 Å². The number of nitroso groups, excluding NO2 is 1. The number of ether oxygens (including phenoxy) is 2. The fourth-order valence-corrected chi connectivity index (χ4v) is 3.17. The van der Waals surface area contributed by atoms with E-state index in [1.54, 1.807) is 48.8 Å². The number of amidine groups is 2. The van der Waals surface area contributed by atoms with E-state index in [4.69, 9.17) is 20.6 Å². The van der Waals surface area contributed by atoms with Crippen molar-refractivity contribution in [1.29, 1.82) is 5.41 Å². The Hall–Kier alpha value is -4.74. The van der Waals surface area contributed by atoms with Gasteiger partial charge in [-0.05, 0) is 61.9 Å². The topological polar surface area (TPSA) is 172 Å². The summed E-state index contributed by atoms with van der Waals surface area (Å²) in [6.07, 6.45) is 3.13. The van der Waals surface area contributed by atoms with E-state index >= 15 is 0 Å². The molecule has 12 nitrogen and oxygen atoms in total. The first-order chi connectivity index (χ1) is 17.0. The molecule has 35 heavy (non-hydrogen) atoms. The minimum absolute atomic E-state index is 0.0417. The van der Waals surface area contributed by atoms with E-state index in [1.165, 1.54) is 0 Å². The van der Waals surface area contributed by atoms with Crippen molar-refractivity contribution in [3.8, 4) is 11.5 Å². The number of hydrogen-bond donors (Lipinski definition) is 5. The molecular weight excluding hydrogens is 450 g/mol. The summed E-state index contributed by atoms with van der Waals surface area (Å²) in [5, 5.41) is 17.4. The average molecular weight is 478 g/mol. The third-order valence-corrected chi connectivity index (χ3v) is 4.65. The summed E-state index contributed by atoms with van der Waals surface area (Å²) in [7, 11) is 0. The van der Waals surface area contributed by atoms with E-state index in [1.807, 2.05) is 26.0 Å². The molecule has 1 atom stereocenters. The van der Waals surface area contributed by atoms with Gasteiger partial charge in [0.1, 0.15) is 23.4 Å². The Bertz CT molecular complexity index is 1130. The number of nitrogens with zero attached hydrogens (tertiary/aromatic N) is 4. The smallest absolute Gasteiger partial charge is 0.241 e. The Morgan fingerprint density at radius 2 is 1.69 bits per heavy atom. The molecule has 0 spiro atoms. The highest BCUT2D eigenvalue weighted by Gasteiger charge is 2.22. The Morgan fingerprint density at radius 3 is 2.23 bits per heavy atom. The monoisotopic (exact) mass is 477 g/mol. The van der Waals surface area contributed by atoms with E-state index < -0.39 is 6.04 Å². The van der Waals surface area contributed by atoms with E-state index in [-0.39, 0.29) is 17.6 Å². The van der Waals surface area contributed by atoms with Gasteiger partial charge in [-0.25, -0.2) is 9.97 Å². The summed E-state index contributed by atoms with van der Waals surface area (Å²) in [5.74, 6) is 1.54. The van der Waals surface area contributed by atoms with Crippen molar-refractivity contribution in [3.05, 3.63) is 77.0 Å². The van der Waals surface area contributed by atoms with Crippen LogP contribution in [0.1, 0.15) is 31.0 Å². The molecule has 0 aliphatic carbocycles. The molecule has 182 valence electrons. The summed E-state index contributed by atoms with van der Waals surface area (Å²) in [6, 6.07) is 13.3. The zero-order chi connectivity index (χ0) is 25.0. The first-order valence-corrected chi connectivity index (χ1v) is 10.8. The Kier molecular flexibility index (Phi) is 8.88. The van der Waals surface area contributed by atoms with Gasteiger partial charge in [0.15, 0.2) is 5.84 Å². The summed E-state index contributed by atoms with van der Waals surface area (Å²) in [6.45, 7) is 4.69. The highest BCUT2D eigenvalue weighted by atomic mass is 16.5. The second kappa shape index (κ2) is 12.5. The molecule has 3 rings (SSSR count). The quantitative estimate of drug-likeness (QED) is 0.113. The molecule has 6 N–H and O–H groups in total. The van der Waals surface area contributed by atoms with Crippen LogP contribution in [0.2, 0.25) is 0 Å². The van der Waals surface area contributed by atoms with Gasteiger partial charge in [0, 0.05) is 29.7 Å². The average Bonchev–Trinajstić information content (AvgIpc) is 2.86. The molecular formula is C23H27N9O3. The summed E-state index contributed by atoms with van der Waals surface area (Å²) < 4.78 is 11.4. The maximum atomic E-state index is 11.2. The van der Waals surface area contributed by atoms with Crippen LogP contribution in [0.15, 0.2) is 71.3 Å². The third kappa shape index (κ3) is 7.12. The van der Waals surface area contributed by atoms with E-state index in [0.29, 0.717) is 41.5 Å². The predicted octanol–water partition coefficient (Wildman–Crippen LogP) is 3.41. The molecule has 0 saturated carbocycles. The van der Waals surface area contributed by atoms with Gasteiger partial charge in [-0.1, -0.05) is 5.10 Å². The van der Waals surface area contributed by atoms with Gasteiger partial charge in [0.25, 0.3) is 0 Å². The number of rotatable bonds is 12. The van der Waals surface area contributed by atoms with E-state index in [0.717, 1.165) is 0 Å². The van der Waals surface area contributed by atoms with Crippen molar-refractivity contribution in [1.82, 2.24) is 15.4 Å². The van der Waals surface area contributed by atoms with Crippen LogP contribution in [-0.4, -0.2) is 34.9 Å². The number of aromatic nitrogens is 2. The van der Waals surface area contributed by atoms with Crippen LogP contribution < -0.4 is 31.4 Å². The van der Waals surface area contributed by atoms with Gasteiger partial charge in [-0.2, -0.15) is 0 Å². The zero-order valence-electron chi connectivity index (χ0n) is 19.4. The normalized spacial score (nSPS) is 11.8. The number of anilines is 2. The SMILES string of the molecule is CCOc1cc(OCC)cc(C(Nc2ccc(C(=N)N)cc2)/C(=N/N=O)NNc2ncccn2)c1. The van der Waals surface area contributed by atoms with Gasteiger partial charge in [0.05, 0.1) is 18.5 Å². The van der Waals surface area contributed by atoms with Crippen LogP contribution in [0.5, 0.6) is 11.5 Å². The summed E-state index contributed by atoms with van der Waals surface area (Å²) in [4.78, 5) is 19.4. The first kappa shape index (κ1) is 24.9. The number of benzene rings is 2. The number of hydrazine groups is 1. The highest BCUT2D eigenvalue weighted by Crippen LogP contribution is 2.30. The molecule has 3 aromatic rings. The second-order valence-electron chi connectivity index (χ2n) is 7.06. The maximum Gasteiger partial charge on any atom is 0.241 e. The largest absolute Gasteiger partial charge is 0.494 e. The number of nitrogens with one attached hydrogen (secondary N) is 4. The minimum atomic E-state index is -0.702. The number of nitrogens with two attached hydrogens (primary N) is 1. The summed E-state index contributed by atoms with van der Waals surface area (Å²) in [5.41, 5.74) is 13.2. The lowest BCUT2D eigenvalue weighted by Crippen LogP contribution is -2.37. The molecule has 0 saturated heterocycles. The number of nitrogen functional groups attached to an aromatic ring is 1. The van der Waals surface area contributed by atoms with Gasteiger partial charge in [0.2, 0.25) is 5.95 Å². The van der Waals surface area contributed by atoms with Crippen molar-refractivity contribution >= 4 is 23.3 Å². The van der Waals surface area contributed by atoms with Crippen LogP contribution in [0.25, 0.3) is 0 Å². The molecule has 0 fully saturated rings. The molecule has 1 heterocycles. The van der Waals surface area contributed by atoms with Crippen molar-refractivity contribution in [2.45, 2.75) is 19.9 Å². The van der Waals surface area contributed by atoms with Crippen LogP contribution in [-0.2, 0) is 0 Å². The molecule has 0 amide bonds. The van der Waals surface area contributed by atoms with Crippen LogP contribution in [0, 0.1) is 10.3 Å². The molecule has 2 aromatic carbocycles. The predicted molar refractivity (Wildman–Crippen MR) is 135 cm³/mol. The van der Waals surface area contributed by atoms with Crippen LogP contribution in [0.3, 0.4) is 0 Å². The highest BCUT2D eigenvalue weighted by molar-refractivity contribution is 5.95. The lowest BCUT2D eigenvalue weighted by molar-refractivity contribution is 0.322. The van der Waals surface area contributed by atoms with Gasteiger partial charge < -0.3 is 20.5 Å². The van der Waals surface area contributed by atoms with Crippen molar-refractivity contribution < 1.29 is 9.47 Å². The minimum Gasteiger partial charge on any atom is -0.494 e. The van der Waals surface area contributed by atoms with Gasteiger partial charge in [-0.3, -0.25) is 16.3 Å².